The molecule has 7 N–H and O–H groups in total. The molecule has 2 aromatic heterocycles. The van der Waals surface area contributed by atoms with Crippen molar-refractivity contribution < 1.29 is 29.6 Å². The number of carboxylic acids is 1. The lowest BCUT2D eigenvalue weighted by Gasteiger charge is -2.24. The second-order valence-corrected chi connectivity index (χ2v) is 6.99. The summed E-state index contributed by atoms with van der Waals surface area (Å²) in [7, 11) is 0. The third kappa shape index (κ3) is 4.86. The van der Waals surface area contributed by atoms with Gasteiger partial charge in [-0.05, 0) is 18.1 Å². The van der Waals surface area contributed by atoms with E-state index in [2.05, 4.69) is 10.3 Å². The van der Waals surface area contributed by atoms with E-state index >= 15 is 0 Å². The Kier molecular flexibility index (Phi) is 6.60. The van der Waals surface area contributed by atoms with Gasteiger partial charge in [-0.3, -0.25) is 24.1 Å². The maximum absolute atomic E-state index is 12.4. The zero-order valence-corrected chi connectivity index (χ0v) is 16.0. The van der Waals surface area contributed by atoms with Crippen LogP contribution in [0.25, 0.3) is 0 Å². The van der Waals surface area contributed by atoms with E-state index in [-0.39, 0.29) is 6.42 Å². The van der Waals surface area contributed by atoms with Crippen LogP contribution in [0.4, 0.5) is 0 Å². The van der Waals surface area contributed by atoms with Gasteiger partial charge in [0, 0.05) is 24.7 Å². The number of amides is 1. The van der Waals surface area contributed by atoms with Crippen molar-refractivity contribution in [2.45, 2.75) is 43.0 Å². The Balaban J connectivity index is 1.76. The summed E-state index contributed by atoms with van der Waals surface area (Å²) in [5, 5.41) is 32.4. The fraction of sp³-hybridized carbons (Fsp3) is 0.389. The zero-order valence-electron chi connectivity index (χ0n) is 16.0. The number of aromatic nitrogens is 3. The quantitative estimate of drug-likeness (QED) is 0.255. The lowest BCUT2D eigenvalue weighted by Crippen LogP contribution is -2.56. The molecule has 6 atom stereocenters. The van der Waals surface area contributed by atoms with Crippen LogP contribution in [0, 0.1) is 0 Å². The molecule has 1 aliphatic heterocycles. The molecule has 2 aromatic rings. The minimum absolute atomic E-state index is 0.0815. The third-order valence-electron chi connectivity index (χ3n) is 4.81. The standard InChI is InChI=1S/C18H21N5O8/c19-9(6-8-2-1-4-20-7-8)15(27)22-11(17(28)29)14-12(25)13(26)16(31-14)23-5-3-10(24)21-18(23)30/h1-5,7,9,11-14,16,25-26H,6,19H2,(H,22,27)(H,28,29)(H,21,24,30)/t9-,11-,12-,13+,14+,16+/m0/s1. The molecule has 0 radical (unpaired) electrons. The molecule has 13 nitrogen and oxygen atoms in total. The Morgan fingerprint density at radius 1 is 1.29 bits per heavy atom. The van der Waals surface area contributed by atoms with Gasteiger partial charge in [0.25, 0.3) is 5.56 Å². The fourth-order valence-electron chi connectivity index (χ4n) is 3.23. The van der Waals surface area contributed by atoms with Crippen molar-refractivity contribution in [1.29, 1.82) is 0 Å². The van der Waals surface area contributed by atoms with E-state index in [0.29, 0.717) is 5.56 Å². The van der Waals surface area contributed by atoms with Crippen LogP contribution in [0.3, 0.4) is 0 Å². The highest BCUT2D eigenvalue weighted by Gasteiger charge is 2.50. The van der Waals surface area contributed by atoms with Gasteiger partial charge in [0.05, 0.1) is 6.04 Å². The van der Waals surface area contributed by atoms with Gasteiger partial charge in [0.15, 0.2) is 12.3 Å². The summed E-state index contributed by atoms with van der Waals surface area (Å²) >= 11 is 0. The number of pyridine rings is 1. The minimum atomic E-state index is -1.78. The van der Waals surface area contributed by atoms with E-state index in [1.54, 1.807) is 18.3 Å². The average molecular weight is 435 g/mol. The van der Waals surface area contributed by atoms with Crippen molar-refractivity contribution in [2.75, 3.05) is 0 Å². The molecule has 0 unspecified atom stereocenters. The number of carboxylic acid groups (broad SMARTS) is 1. The highest BCUT2D eigenvalue weighted by atomic mass is 16.6. The van der Waals surface area contributed by atoms with Gasteiger partial charge in [0.2, 0.25) is 5.91 Å². The molecule has 0 aliphatic carbocycles. The number of aliphatic hydroxyl groups is 2. The fourth-order valence-corrected chi connectivity index (χ4v) is 3.23. The first-order valence-corrected chi connectivity index (χ1v) is 9.19. The summed E-state index contributed by atoms with van der Waals surface area (Å²) in [5.74, 6) is -2.38. The van der Waals surface area contributed by atoms with Crippen molar-refractivity contribution in [3.8, 4) is 0 Å². The lowest BCUT2D eigenvalue weighted by atomic mass is 10.0. The Hall–Kier alpha value is -3.39. The van der Waals surface area contributed by atoms with Gasteiger partial charge >= 0.3 is 11.7 Å². The van der Waals surface area contributed by atoms with Crippen LogP contribution >= 0.6 is 0 Å². The maximum Gasteiger partial charge on any atom is 0.330 e. The van der Waals surface area contributed by atoms with Gasteiger partial charge in [-0.15, -0.1) is 0 Å². The van der Waals surface area contributed by atoms with Crippen LogP contribution in [0.2, 0.25) is 0 Å². The number of rotatable bonds is 7. The molecule has 1 amide bonds. The first-order chi connectivity index (χ1) is 14.7. The third-order valence-corrected chi connectivity index (χ3v) is 4.81. The normalized spacial score (nSPS) is 25.0. The van der Waals surface area contributed by atoms with Crippen LogP contribution in [0.1, 0.15) is 11.8 Å². The average Bonchev–Trinajstić information content (AvgIpc) is 3.01. The number of carbonyl (C=O) groups excluding carboxylic acids is 1. The number of nitrogens with one attached hydrogen (secondary N) is 2. The summed E-state index contributed by atoms with van der Waals surface area (Å²) in [4.78, 5) is 53.2. The van der Waals surface area contributed by atoms with Crippen molar-refractivity contribution in [1.82, 2.24) is 19.9 Å². The molecular weight excluding hydrogens is 414 g/mol. The van der Waals surface area contributed by atoms with E-state index in [9.17, 15) is 34.5 Å². The number of aliphatic hydroxyl groups excluding tert-OH is 2. The zero-order chi connectivity index (χ0) is 22.7. The summed E-state index contributed by atoms with van der Waals surface area (Å²) in [6.07, 6.45) is -2.41. The molecule has 1 fully saturated rings. The van der Waals surface area contributed by atoms with Crippen molar-refractivity contribution in [2.24, 2.45) is 5.73 Å². The molecule has 0 saturated carbocycles. The van der Waals surface area contributed by atoms with Crippen LogP contribution in [-0.4, -0.2) is 72.1 Å². The summed E-state index contributed by atoms with van der Waals surface area (Å²) in [6, 6.07) is 1.45. The molecule has 0 bridgehead atoms. The molecule has 1 saturated heterocycles. The minimum Gasteiger partial charge on any atom is -0.480 e. The number of nitrogens with two attached hydrogens (primary N) is 1. The number of hydrogen-bond donors (Lipinski definition) is 6. The van der Waals surface area contributed by atoms with Gasteiger partial charge in [-0.2, -0.15) is 0 Å². The molecule has 0 aromatic carbocycles. The van der Waals surface area contributed by atoms with Gasteiger partial charge < -0.3 is 31.1 Å². The predicted molar refractivity (Wildman–Crippen MR) is 103 cm³/mol. The number of aliphatic carboxylic acids is 1. The number of aromatic amines is 1. The van der Waals surface area contributed by atoms with Crippen molar-refractivity contribution in [3.63, 3.8) is 0 Å². The van der Waals surface area contributed by atoms with E-state index < -0.39 is 59.7 Å². The lowest BCUT2D eigenvalue weighted by molar-refractivity contribution is -0.149. The van der Waals surface area contributed by atoms with Crippen molar-refractivity contribution in [3.05, 3.63) is 63.2 Å². The van der Waals surface area contributed by atoms with E-state index in [1.807, 2.05) is 4.98 Å². The van der Waals surface area contributed by atoms with Gasteiger partial charge in [-0.1, -0.05) is 6.07 Å². The van der Waals surface area contributed by atoms with Crippen LogP contribution < -0.4 is 22.3 Å². The first-order valence-electron chi connectivity index (χ1n) is 9.19. The highest BCUT2D eigenvalue weighted by molar-refractivity contribution is 5.87. The van der Waals surface area contributed by atoms with E-state index in [4.69, 9.17) is 10.5 Å². The second-order valence-electron chi connectivity index (χ2n) is 6.99. The van der Waals surface area contributed by atoms with Gasteiger partial charge in [0.1, 0.15) is 18.3 Å². The largest absolute Gasteiger partial charge is 0.480 e. The SMILES string of the molecule is N[C@@H](Cc1cccnc1)C(=O)N[C@H](C(=O)O)[C@H]1O[C@@H](n2ccc(=O)[nH]c2=O)[C@H](O)[C@@H]1O. The van der Waals surface area contributed by atoms with Crippen molar-refractivity contribution >= 4 is 11.9 Å². The molecule has 3 heterocycles. The van der Waals surface area contributed by atoms with Crippen LogP contribution in [-0.2, 0) is 20.7 Å². The first kappa shape index (κ1) is 22.3. The summed E-state index contributed by atoms with van der Waals surface area (Å²) in [6.45, 7) is 0. The van der Waals surface area contributed by atoms with Crippen LogP contribution in [0.5, 0.6) is 0 Å². The monoisotopic (exact) mass is 435 g/mol. The molecule has 0 spiro atoms. The predicted octanol–water partition coefficient (Wildman–Crippen LogP) is -3.31. The molecule has 166 valence electrons. The molecule has 13 heteroatoms. The number of hydrogen-bond acceptors (Lipinski definition) is 9. The maximum atomic E-state index is 12.4. The Labute approximate surface area is 174 Å². The van der Waals surface area contributed by atoms with Gasteiger partial charge in [-0.25, -0.2) is 9.59 Å². The Morgan fingerprint density at radius 2 is 2.03 bits per heavy atom. The Bertz CT molecular complexity index is 1050. The highest BCUT2D eigenvalue weighted by Crippen LogP contribution is 2.30. The smallest absolute Gasteiger partial charge is 0.330 e. The molecular formula is C18H21N5O8. The number of carbonyl (C=O) groups is 2. The van der Waals surface area contributed by atoms with Crippen LogP contribution in [0.15, 0.2) is 46.4 Å². The summed E-state index contributed by atoms with van der Waals surface area (Å²) < 4.78 is 6.21. The molecule has 3 rings (SSSR count). The van der Waals surface area contributed by atoms with E-state index in [0.717, 1.165) is 16.8 Å². The second kappa shape index (κ2) is 9.18. The number of H-pyrrole nitrogens is 1. The number of nitrogens with zero attached hydrogens (tertiary/aromatic N) is 2. The van der Waals surface area contributed by atoms with E-state index in [1.165, 1.54) is 6.20 Å². The summed E-state index contributed by atoms with van der Waals surface area (Å²) in [5.41, 5.74) is 4.88. The molecule has 1 aliphatic rings. The topological polar surface area (TPSA) is 210 Å². The Morgan fingerprint density at radius 3 is 2.65 bits per heavy atom. The number of ether oxygens (including phenoxy) is 1. The molecule has 31 heavy (non-hydrogen) atoms.